The molecule has 0 amide bonds. The van der Waals surface area contributed by atoms with Crippen LogP contribution in [0.1, 0.15) is 23.8 Å². The largest absolute Gasteiger partial charge is 0.389 e. The number of aliphatic hydroxyl groups is 2. The average molecular weight is 237 g/mol. The van der Waals surface area contributed by atoms with Gasteiger partial charge in [-0.3, -0.25) is 15.1 Å². The Labute approximate surface area is 97.1 Å². The first-order valence-electron chi connectivity index (χ1n) is 4.81. The predicted molar refractivity (Wildman–Crippen MR) is 56.8 cm³/mol. The van der Waals surface area contributed by atoms with Crippen molar-refractivity contribution in [3.63, 3.8) is 0 Å². The van der Waals surface area contributed by atoms with Crippen molar-refractivity contribution in [2.75, 3.05) is 0 Å². The van der Waals surface area contributed by atoms with Crippen LogP contribution in [-0.4, -0.2) is 26.2 Å². The standard InChI is InChI=1S/C10H11N3O4/c1-6-8(10(15)9(14)2-3-11)4-7(5-12-6)13(16)17/h4-5,9-10,14-15H,2H2,1H3. The van der Waals surface area contributed by atoms with E-state index in [2.05, 4.69) is 4.98 Å². The Morgan fingerprint density at radius 3 is 2.82 bits per heavy atom. The third-order valence-electron chi connectivity index (χ3n) is 2.31. The van der Waals surface area contributed by atoms with Crippen LogP contribution in [0.25, 0.3) is 0 Å². The fourth-order valence-electron chi connectivity index (χ4n) is 1.35. The van der Waals surface area contributed by atoms with Crippen LogP contribution < -0.4 is 0 Å². The summed E-state index contributed by atoms with van der Waals surface area (Å²) in [5, 5.41) is 38.1. The summed E-state index contributed by atoms with van der Waals surface area (Å²) in [5.74, 6) is 0. The topological polar surface area (TPSA) is 120 Å². The van der Waals surface area contributed by atoms with Crippen LogP contribution >= 0.6 is 0 Å². The molecule has 0 aliphatic heterocycles. The van der Waals surface area contributed by atoms with E-state index in [0.29, 0.717) is 5.69 Å². The molecule has 1 aromatic heterocycles. The fourth-order valence-corrected chi connectivity index (χ4v) is 1.35. The molecular formula is C10H11N3O4. The number of nitrogens with zero attached hydrogens (tertiary/aromatic N) is 3. The van der Waals surface area contributed by atoms with Crippen molar-refractivity contribution in [1.29, 1.82) is 5.26 Å². The molecular weight excluding hydrogens is 226 g/mol. The molecule has 90 valence electrons. The third kappa shape index (κ3) is 2.96. The molecule has 7 nitrogen and oxygen atoms in total. The lowest BCUT2D eigenvalue weighted by atomic mass is 10.0. The molecule has 0 spiro atoms. The Morgan fingerprint density at radius 1 is 1.65 bits per heavy atom. The van der Waals surface area contributed by atoms with Crippen LogP contribution in [0.3, 0.4) is 0 Å². The zero-order valence-corrected chi connectivity index (χ0v) is 9.07. The monoisotopic (exact) mass is 237 g/mol. The highest BCUT2D eigenvalue weighted by Crippen LogP contribution is 2.24. The first kappa shape index (κ1) is 13.0. The molecule has 2 N–H and O–H groups in total. The van der Waals surface area contributed by atoms with E-state index in [1.165, 1.54) is 0 Å². The van der Waals surface area contributed by atoms with Gasteiger partial charge in [-0.25, -0.2) is 0 Å². The molecule has 0 aromatic carbocycles. The first-order chi connectivity index (χ1) is 7.97. The van der Waals surface area contributed by atoms with Crippen molar-refractivity contribution in [3.05, 3.63) is 33.6 Å². The molecule has 0 fully saturated rings. The van der Waals surface area contributed by atoms with Gasteiger partial charge < -0.3 is 10.2 Å². The second kappa shape index (κ2) is 5.34. The lowest BCUT2D eigenvalue weighted by Crippen LogP contribution is -2.19. The zero-order chi connectivity index (χ0) is 13.0. The van der Waals surface area contributed by atoms with Crippen molar-refractivity contribution in [1.82, 2.24) is 4.98 Å². The molecule has 0 saturated carbocycles. The average Bonchev–Trinajstić information content (AvgIpc) is 2.28. The molecule has 2 unspecified atom stereocenters. The summed E-state index contributed by atoms with van der Waals surface area (Å²) in [7, 11) is 0. The summed E-state index contributed by atoms with van der Waals surface area (Å²) in [6.45, 7) is 1.56. The molecule has 2 atom stereocenters. The van der Waals surface area contributed by atoms with E-state index in [0.717, 1.165) is 12.3 Å². The summed E-state index contributed by atoms with van der Waals surface area (Å²) in [4.78, 5) is 13.7. The molecule has 1 rings (SSSR count). The maximum atomic E-state index is 10.6. The van der Waals surface area contributed by atoms with Gasteiger partial charge in [0.25, 0.3) is 5.69 Å². The van der Waals surface area contributed by atoms with E-state index < -0.39 is 17.1 Å². The number of nitro groups is 1. The highest BCUT2D eigenvalue weighted by molar-refractivity contribution is 5.35. The lowest BCUT2D eigenvalue weighted by molar-refractivity contribution is -0.385. The van der Waals surface area contributed by atoms with Crippen molar-refractivity contribution >= 4 is 5.69 Å². The quantitative estimate of drug-likeness (QED) is 0.584. The molecule has 0 aliphatic carbocycles. The van der Waals surface area contributed by atoms with Crippen LogP contribution in [0.2, 0.25) is 0 Å². The van der Waals surface area contributed by atoms with Gasteiger partial charge in [0, 0.05) is 17.3 Å². The number of aliphatic hydroxyl groups excluding tert-OH is 2. The molecule has 7 heteroatoms. The van der Waals surface area contributed by atoms with Crippen LogP contribution in [0, 0.1) is 28.4 Å². The van der Waals surface area contributed by atoms with Crippen molar-refractivity contribution in [2.45, 2.75) is 25.6 Å². The van der Waals surface area contributed by atoms with Gasteiger partial charge in [0.2, 0.25) is 0 Å². The number of rotatable bonds is 4. The van der Waals surface area contributed by atoms with Crippen LogP contribution in [0.4, 0.5) is 5.69 Å². The van der Waals surface area contributed by atoms with E-state index in [-0.39, 0.29) is 17.7 Å². The van der Waals surface area contributed by atoms with Gasteiger partial charge >= 0.3 is 0 Å². The minimum Gasteiger partial charge on any atom is -0.389 e. The minimum atomic E-state index is -1.36. The number of pyridine rings is 1. The van der Waals surface area contributed by atoms with Crippen molar-refractivity contribution in [3.8, 4) is 6.07 Å². The number of nitriles is 1. The number of hydrogen-bond acceptors (Lipinski definition) is 6. The van der Waals surface area contributed by atoms with Gasteiger partial charge in [-0.05, 0) is 6.92 Å². The smallest absolute Gasteiger partial charge is 0.287 e. The number of aromatic nitrogens is 1. The normalized spacial score (nSPS) is 13.8. The second-order valence-electron chi connectivity index (χ2n) is 3.50. The Kier molecular flexibility index (Phi) is 4.09. The van der Waals surface area contributed by atoms with Gasteiger partial charge in [0.15, 0.2) is 0 Å². The first-order valence-corrected chi connectivity index (χ1v) is 4.81. The maximum absolute atomic E-state index is 10.6. The Balaban J connectivity index is 3.08. The summed E-state index contributed by atoms with van der Waals surface area (Å²) in [6.07, 6.45) is -1.84. The molecule has 0 radical (unpaired) electrons. The second-order valence-corrected chi connectivity index (χ2v) is 3.50. The Hall–Kier alpha value is -2.04. The molecule has 0 bridgehead atoms. The van der Waals surface area contributed by atoms with E-state index in [1.807, 2.05) is 0 Å². The van der Waals surface area contributed by atoms with Gasteiger partial charge in [-0.1, -0.05) is 0 Å². The van der Waals surface area contributed by atoms with Crippen LogP contribution in [-0.2, 0) is 0 Å². The van der Waals surface area contributed by atoms with Gasteiger partial charge in [0.1, 0.15) is 12.3 Å². The van der Waals surface area contributed by atoms with Crippen LogP contribution in [0.15, 0.2) is 12.3 Å². The molecule has 1 aromatic rings. The van der Waals surface area contributed by atoms with E-state index in [9.17, 15) is 20.3 Å². The van der Waals surface area contributed by atoms with Crippen LogP contribution in [0.5, 0.6) is 0 Å². The summed E-state index contributed by atoms with van der Waals surface area (Å²) < 4.78 is 0. The molecule has 17 heavy (non-hydrogen) atoms. The van der Waals surface area contributed by atoms with Gasteiger partial charge in [-0.15, -0.1) is 0 Å². The van der Waals surface area contributed by atoms with Gasteiger partial charge in [-0.2, -0.15) is 5.26 Å². The highest BCUT2D eigenvalue weighted by atomic mass is 16.6. The van der Waals surface area contributed by atoms with E-state index >= 15 is 0 Å². The van der Waals surface area contributed by atoms with Gasteiger partial charge in [0.05, 0.1) is 23.5 Å². The third-order valence-corrected chi connectivity index (χ3v) is 2.31. The maximum Gasteiger partial charge on any atom is 0.287 e. The molecule has 0 saturated heterocycles. The predicted octanol–water partition coefficient (Wildman–Crippen LogP) is 0.606. The van der Waals surface area contributed by atoms with Crippen molar-refractivity contribution in [2.24, 2.45) is 0 Å². The van der Waals surface area contributed by atoms with E-state index in [1.54, 1.807) is 13.0 Å². The number of aryl methyl sites for hydroxylation is 1. The fraction of sp³-hybridized carbons (Fsp3) is 0.400. The Bertz CT molecular complexity index is 469. The summed E-state index contributed by atoms with van der Waals surface area (Å²) in [5.41, 5.74) is 0.260. The summed E-state index contributed by atoms with van der Waals surface area (Å²) >= 11 is 0. The molecule has 0 aliphatic rings. The molecule has 1 heterocycles. The zero-order valence-electron chi connectivity index (χ0n) is 9.07. The van der Waals surface area contributed by atoms with Crippen molar-refractivity contribution < 1.29 is 15.1 Å². The minimum absolute atomic E-state index is 0.155. The highest BCUT2D eigenvalue weighted by Gasteiger charge is 2.22. The lowest BCUT2D eigenvalue weighted by Gasteiger charge is -2.16. The number of hydrogen-bond donors (Lipinski definition) is 2. The summed E-state index contributed by atoms with van der Waals surface area (Å²) in [6, 6.07) is 2.86. The SMILES string of the molecule is Cc1ncc([N+](=O)[O-])cc1C(O)C(O)CC#N. The van der Waals surface area contributed by atoms with E-state index in [4.69, 9.17) is 5.26 Å². The Morgan fingerprint density at radius 2 is 2.29 bits per heavy atom.